The molecule has 0 radical (unpaired) electrons. The van der Waals surface area contributed by atoms with Gasteiger partial charge in [0.05, 0.1) is 28.5 Å². The first-order valence-corrected chi connectivity index (χ1v) is 9.27. The van der Waals surface area contributed by atoms with Crippen LogP contribution >= 0.6 is 0 Å². The molecule has 31 heavy (non-hydrogen) atoms. The van der Waals surface area contributed by atoms with Crippen LogP contribution in [0, 0.1) is 5.82 Å². The minimum atomic E-state index is -1.22. The molecule has 0 bridgehead atoms. The highest BCUT2D eigenvalue weighted by molar-refractivity contribution is 6.08. The van der Waals surface area contributed by atoms with E-state index in [1.165, 1.54) is 18.5 Å². The molecule has 3 aromatic heterocycles. The summed E-state index contributed by atoms with van der Waals surface area (Å²) in [6, 6.07) is 8.38. The maximum atomic E-state index is 14.0. The molecule has 4 aromatic rings. The summed E-state index contributed by atoms with van der Waals surface area (Å²) in [6.45, 7) is 1.77. The van der Waals surface area contributed by atoms with Gasteiger partial charge in [-0.05, 0) is 37.3 Å². The van der Waals surface area contributed by atoms with Gasteiger partial charge in [-0.1, -0.05) is 6.07 Å². The van der Waals surface area contributed by atoms with E-state index in [0.717, 1.165) is 6.07 Å². The van der Waals surface area contributed by atoms with Crippen LogP contribution in [0.25, 0.3) is 22.2 Å². The molecule has 1 unspecified atom stereocenters. The van der Waals surface area contributed by atoms with Crippen LogP contribution in [0.3, 0.4) is 0 Å². The number of nitrogens with zero attached hydrogens (tertiary/aromatic N) is 4. The second-order valence-electron chi connectivity index (χ2n) is 6.82. The fourth-order valence-corrected chi connectivity index (χ4v) is 3.36. The molecule has 0 saturated heterocycles. The smallest absolute Gasteiger partial charge is 0.337 e. The maximum Gasteiger partial charge on any atom is 0.337 e. The van der Waals surface area contributed by atoms with Gasteiger partial charge >= 0.3 is 5.97 Å². The molecule has 10 heteroatoms. The molecule has 4 rings (SSSR count). The zero-order valence-electron chi connectivity index (χ0n) is 16.4. The lowest BCUT2D eigenvalue weighted by Gasteiger charge is -2.21. The van der Waals surface area contributed by atoms with Crippen LogP contribution < -0.4 is 16.8 Å². The van der Waals surface area contributed by atoms with Crippen LogP contribution in [0.4, 0.5) is 21.7 Å². The Labute approximate surface area is 176 Å². The Morgan fingerprint density at radius 3 is 2.68 bits per heavy atom. The zero-order chi connectivity index (χ0) is 22.1. The molecule has 1 aromatic carbocycles. The van der Waals surface area contributed by atoms with Crippen molar-refractivity contribution in [3.8, 4) is 11.3 Å². The van der Waals surface area contributed by atoms with Gasteiger partial charge in [0.25, 0.3) is 0 Å². The number of hydrogen-bond donors (Lipinski definition) is 4. The lowest BCUT2D eigenvalue weighted by atomic mass is 9.94. The van der Waals surface area contributed by atoms with Gasteiger partial charge in [0, 0.05) is 17.1 Å². The fourth-order valence-electron chi connectivity index (χ4n) is 3.36. The lowest BCUT2D eigenvalue weighted by Crippen LogP contribution is -2.16. The minimum Gasteiger partial charge on any atom is -0.478 e. The molecular formula is C21H18FN7O2. The number of aromatic carboxylic acids is 1. The Bertz CT molecular complexity index is 1300. The van der Waals surface area contributed by atoms with Gasteiger partial charge in [0.15, 0.2) is 11.6 Å². The normalized spacial score (nSPS) is 11.9. The van der Waals surface area contributed by atoms with Crippen LogP contribution in [0.1, 0.15) is 29.0 Å². The molecular weight excluding hydrogens is 401 g/mol. The number of halogens is 1. The number of anilines is 3. The number of carboxylic acid groups (broad SMARTS) is 1. The van der Waals surface area contributed by atoms with Crippen LogP contribution in [0.2, 0.25) is 0 Å². The molecule has 0 spiro atoms. The van der Waals surface area contributed by atoms with Crippen molar-refractivity contribution in [3.63, 3.8) is 0 Å². The first kappa shape index (κ1) is 20.0. The highest BCUT2D eigenvalue weighted by atomic mass is 19.1. The van der Waals surface area contributed by atoms with E-state index in [1.54, 1.807) is 31.3 Å². The number of pyridine rings is 2. The number of carbonyl (C=O) groups is 1. The van der Waals surface area contributed by atoms with E-state index in [2.05, 4.69) is 25.3 Å². The number of nitrogen functional groups attached to an aromatic ring is 2. The number of nitrogens with two attached hydrogens (primary N) is 2. The summed E-state index contributed by atoms with van der Waals surface area (Å²) in [6.07, 6.45) is 2.81. The van der Waals surface area contributed by atoms with E-state index in [0.29, 0.717) is 16.9 Å². The summed E-state index contributed by atoms with van der Waals surface area (Å²) in [7, 11) is 0. The molecule has 0 amide bonds. The molecule has 0 aliphatic heterocycles. The van der Waals surface area contributed by atoms with Crippen LogP contribution in [-0.2, 0) is 0 Å². The molecule has 0 saturated carbocycles. The Kier molecular flexibility index (Phi) is 5.04. The average Bonchev–Trinajstić information content (AvgIpc) is 2.76. The molecule has 9 nitrogen and oxygen atoms in total. The Morgan fingerprint density at radius 1 is 1.16 bits per heavy atom. The van der Waals surface area contributed by atoms with Gasteiger partial charge in [-0.2, -0.15) is 0 Å². The number of aromatic nitrogens is 4. The third kappa shape index (κ3) is 3.66. The molecule has 156 valence electrons. The van der Waals surface area contributed by atoms with E-state index < -0.39 is 17.8 Å². The first-order valence-electron chi connectivity index (χ1n) is 9.27. The quantitative estimate of drug-likeness (QED) is 0.382. The van der Waals surface area contributed by atoms with Crippen molar-refractivity contribution in [2.24, 2.45) is 0 Å². The summed E-state index contributed by atoms with van der Waals surface area (Å²) in [5, 5.41) is 13.3. The highest BCUT2D eigenvalue weighted by Crippen LogP contribution is 2.36. The van der Waals surface area contributed by atoms with Crippen molar-refractivity contribution < 1.29 is 14.3 Å². The predicted octanol–water partition coefficient (Wildman–Crippen LogP) is 3.26. The van der Waals surface area contributed by atoms with E-state index in [1.807, 2.05) is 0 Å². The van der Waals surface area contributed by atoms with Gasteiger partial charge < -0.3 is 21.9 Å². The largest absolute Gasteiger partial charge is 0.478 e. The summed E-state index contributed by atoms with van der Waals surface area (Å²) >= 11 is 0. The maximum absolute atomic E-state index is 14.0. The predicted molar refractivity (Wildman–Crippen MR) is 115 cm³/mol. The van der Waals surface area contributed by atoms with Gasteiger partial charge in [0.1, 0.15) is 17.8 Å². The first-order chi connectivity index (χ1) is 14.9. The average molecular weight is 419 g/mol. The second kappa shape index (κ2) is 7.82. The third-order valence-corrected chi connectivity index (χ3v) is 4.79. The number of rotatable bonds is 5. The number of hydrogen-bond acceptors (Lipinski definition) is 8. The van der Waals surface area contributed by atoms with Crippen molar-refractivity contribution in [1.29, 1.82) is 0 Å². The monoisotopic (exact) mass is 419 g/mol. The van der Waals surface area contributed by atoms with Gasteiger partial charge in [0.2, 0.25) is 0 Å². The van der Waals surface area contributed by atoms with E-state index in [9.17, 15) is 14.3 Å². The Hall–Kier alpha value is -4.34. The number of benzene rings is 1. The number of nitrogens with one attached hydrogen (secondary N) is 1. The highest BCUT2D eigenvalue weighted by Gasteiger charge is 2.26. The van der Waals surface area contributed by atoms with Crippen molar-refractivity contribution >= 4 is 34.2 Å². The molecule has 6 N–H and O–H groups in total. The van der Waals surface area contributed by atoms with Gasteiger partial charge in [-0.25, -0.2) is 24.1 Å². The third-order valence-electron chi connectivity index (χ3n) is 4.79. The van der Waals surface area contributed by atoms with E-state index >= 15 is 0 Å². The number of carboxylic acids is 1. The van der Waals surface area contributed by atoms with Crippen LogP contribution in [0.15, 0.2) is 48.9 Å². The second-order valence-corrected chi connectivity index (χ2v) is 6.82. The van der Waals surface area contributed by atoms with Crippen molar-refractivity contribution in [3.05, 3.63) is 66.0 Å². The summed E-state index contributed by atoms with van der Waals surface area (Å²) < 4.78 is 14.0. The fraction of sp³-hybridized carbons (Fsp3) is 0.0952. The Balaban J connectivity index is 1.98. The molecule has 0 aliphatic rings. The summed E-state index contributed by atoms with van der Waals surface area (Å²) in [4.78, 5) is 29.2. The topological polar surface area (TPSA) is 153 Å². The minimum absolute atomic E-state index is 0.0953. The van der Waals surface area contributed by atoms with Crippen molar-refractivity contribution in [2.45, 2.75) is 13.0 Å². The van der Waals surface area contributed by atoms with E-state index in [-0.39, 0.29) is 33.8 Å². The Morgan fingerprint density at radius 2 is 1.97 bits per heavy atom. The van der Waals surface area contributed by atoms with Crippen molar-refractivity contribution in [2.75, 3.05) is 16.8 Å². The number of fused-ring (bicyclic) bond motifs is 1. The molecule has 0 fully saturated rings. The van der Waals surface area contributed by atoms with Gasteiger partial charge in [-0.15, -0.1) is 0 Å². The standard InChI is InChI=1S/C21H18FN7O2/c1-10(28-20-17(23)19(24)26-9-27-20)18-16(14-4-2-3-7-25-14)15(21(30)31)12-8-11(22)5-6-13(12)29-18/h2-10H,23H2,1H3,(H,30,31)(H3,24,26,27,28). The SMILES string of the molecule is CC(Nc1ncnc(N)c1N)c1nc2ccc(F)cc2c(C(=O)O)c1-c1ccccn1. The van der Waals surface area contributed by atoms with Gasteiger partial charge in [-0.3, -0.25) is 4.98 Å². The van der Waals surface area contributed by atoms with E-state index in [4.69, 9.17) is 11.5 Å². The molecule has 1 atom stereocenters. The lowest BCUT2D eigenvalue weighted by molar-refractivity contribution is 0.0699. The molecule has 3 heterocycles. The zero-order valence-corrected chi connectivity index (χ0v) is 16.4. The van der Waals surface area contributed by atoms with Crippen molar-refractivity contribution in [1.82, 2.24) is 19.9 Å². The van der Waals surface area contributed by atoms with Crippen LogP contribution in [0.5, 0.6) is 0 Å². The molecule has 0 aliphatic carbocycles. The summed E-state index contributed by atoms with van der Waals surface area (Å²) in [5.41, 5.74) is 13.2. The van der Waals surface area contributed by atoms with Crippen LogP contribution in [-0.4, -0.2) is 31.0 Å². The summed E-state index contributed by atoms with van der Waals surface area (Å²) in [5.74, 6) is -1.39.